The lowest BCUT2D eigenvalue weighted by molar-refractivity contribution is -0.149. The van der Waals surface area contributed by atoms with Gasteiger partial charge in [-0.3, -0.25) is 4.79 Å². The van der Waals surface area contributed by atoms with Crippen molar-refractivity contribution < 1.29 is 15.0 Å². The molecule has 0 aliphatic heterocycles. The summed E-state index contributed by atoms with van der Waals surface area (Å²) in [4.78, 5) is 12.4. The molecule has 0 radical (unpaired) electrons. The minimum atomic E-state index is -0.796. The van der Waals surface area contributed by atoms with E-state index in [0.717, 1.165) is 25.2 Å². The van der Waals surface area contributed by atoms with Gasteiger partial charge in [0.05, 0.1) is 5.60 Å². The molecule has 0 amide bonds. The molecular formula is C25H37BrO3. The standard InChI is InChI=1S/C25H37BrO3/c1-16(28)19-8-9-20-18-7-6-17-14-25(29,11-4-5-13-27)22(26)15-24(17,3)21(18)10-12-23(19,20)2/h17-22,27,29H,6-15H2,1-3H3/t17?,18-,19+,20-,21-,22?,23+,24-,25?/m0/s1. The summed E-state index contributed by atoms with van der Waals surface area (Å²) in [6.07, 6.45) is 9.40. The number of aliphatic hydroxyl groups excluding tert-OH is 1. The monoisotopic (exact) mass is 464 g/mol. The maximum Gasteiger partial charge on any atom is 0.133 e. The fourth-order valence-corrected chi connectivity index (χ4v) is 9.49. The van der Waals surface area contributed by atoms with Crippen LogP contribution >= 0.6 is 15.9 Å². The molecule has 3 unspecified atom stereocenters. The van der Waals surface area contributed by atoms with Gasteiger partial charge in [0.15, 0.2) is 0 Å². The third kappa shape index (κ3) is 3.35. The average molecular weight is 465 g/mol. The third-order valence-corrected chi connectivity index (χ3v) is 11.1. The highest BCUT2D eigenvalue weighted by Gasteiger charge is 2.62. The topological polar surface area (TPSA) is 57.5 Å². The number of alkyl halides is 1. The van der Waals surface area contributed by atoms with Gasteiger partial charge < -0.3 is 10.2 Å². The van der Waals surface area contributed by atoms with Gasteiger partial charge in [0.1, 0.15) is 12.4 Å². The zero-order valence-corrected chi connectivity index (χ0v) is 19.8. The van der Waals surface area contributed by atoms with Gasteiger partial charge in [-0.2, -0.15) is 0 Å². The maximum atomic E-state index is 12.3. The quantitative estimate of drug-likeness (QED) is 0.458. The van der Waals surface area contributed by atoms with E-state index in [1.54, 1.807) is 6.92 Å². The summed E-state index contributed by atoms with van der Waals surface area (Å²) in [7, 11) is 0. The molecular weight excluding hydrogens is 428 g/mol. The number of carbonyl (C=O) groups excluding carboxylic acids is 1. The number of aliphatic hydroxyl groups is 2. The lowest BCUT2D eigenvalue weighted by Gasteiger charge is -2.62. The second kappa shape index (κ2) is 7.64. The molecule has 9 atom stereocenters. The summed E-state index contributed by atoms with van der Waals surface area (Å²) in [5, 5.41) is 20.3. The Morgan fingerprint density at radius 3 is 2.45 bits per heavy atom. The van der Waals surface area contributed by atoms with Crippen molar-refractivity contribution in [3.8, 4) is 11.8 Å². The van der Waals surface area contributed by atoms with Gasteiger partial charge in [-0.25, -0.2) is 0 Å². The molecule has 4 fully saturated rings. The number of ketones is 1. The van der Waals surface area contributed by atoms with Gasteiger partial charge in [-0.1, -0.05) is 41.6 Å². The van der Waals surface area contributed by atoms with E-state index >= 15 is 0 Å². The number of halogens is 1. The van der Waals surface area contributed by atoms with E-state index in [2.05, 4.69) is 41.6 Å². The molecule has 162 valence electrons. The van der Waals surface area contributed by atoms with Crippen molar-refractivity contribution in [1.29, 1.82) is 0 Å². The van der Waals surface area contributed by atoms with Crippen LogP contribution < -0.4 is 0 Å². The van der Waals surface area contributed by atoms with Crippen molar-refractivity contribution in [3.63, 3.8) is 0 Å². The van der Waals surface area contributed by atoms with Crippen molar-refractivity contribution in [2.75, 3.05) is 6.61 Å². The number of hydrogen-bond acceptors (Lipinski definition) is 3. The lowest BCUT2D eigenvalue weighted by atomic mass is 9.43. The van der Waals surface area contributed by atoms with Crippen LogP contribution in [0.15, 0.2) is 0 Å². The minimum Gasteiger partial charge on any atom is -0.388 e. The molecule has 4 saturated carbocycles. The van der Waals surface area contributed by atoms with Gasteiger partial charge in [0.2, 0.25) is 0 Å². The van der Waals surface area contributed by atoms with Crippen LogP contribution in [0.2, 0.25) is 0 Å². The van der Waals surface area contributed by atoms with Gasteiger partial charge in [0, 0.05) is 17.2 Å². The number of fused-ring (bicyclic) bond motifs is 5. The summed E-state index contributed by atoms with van der Waals surface area (Å²) in [6.45, 7) is 6.56. The molecule has 0 saturated heterocycles. The van der Waals surface area contributed by atoms with Crippen LogP contribution in [0.25, 0.3) is 0 Å². The van der Waals surface area contributed by atoms with E-state index in [4.69, 9.17) is 5.11 Å². The highest BCUT2D eigenvalue weighted by Crippen LogP contribution is 2.68. The maximum absolute atomic E-state index is 12.3. The van der Waals surface area contributed by atoms with E-state index < -0.39 is 5.60 Å². The summed E-state index contributed by atoms with van der Waals surface area (Å²) in [5.41, 5.74) is -0.335. The minimum absolute atomic E-state index is 0.0462. The first-order valence-electron chi connectivity index (χ1n) is 11.6. The van der Waals surface area contributed by atoms with Crippen molar-refractivity contribution in [2.24, 2.45) is 40.4 Å². The molecule has 4 aliphatic rings. The summed E-state index contributed by atoms with van der Waals surface area (Å²) < 4.78 is 0. The molecule has 4 rings (SSSR count). The van der Waals surface area contributed by atoms with Gasteiger partial charge >= 0.3 is 0 Å². The molecule has 0 aromatic rings. The highest BCUT2D eigenvalue weighted by molar-refractivity contribution is 9.09. The van der Waals surface area contributed by atoms with Gasteiger partial charge in [0.25, 0.3) is 0 Å². The molecule has 0 aromatic heterocycles. The third-order valence-electron chi connectivity index (χ3n) is 9.96. The Morgan fingerprint density at radius 2 is 1.76 bits per heavy atom. The SMILES string of the molecule is CC(=O)[C@H]1CC[C@H]2[C@@H]3CCC4CC(O)(CC#CCO)C(Br)C[C@]4(C)[C@H]3CC[C@]12C. The Bertz CT molecular complexity index is 725. The van der Waals surface area contributed by atoms with Crippen molar-refractivity contribution in [3.05, 3.63) is 0 Å². The Balaban J connectivity index is 1.56. The van der Waals surface area contributed by atoms with E-state index in [1.807, 2.05) is 0 Å². The van der Waals surface area contributed by atoms with Crippen LogP contribution in [0.5, 0.6) is 0 Å². The van der Waals surface area contributed by atoms with Crippen molar-refractivity contribution >= 4 is 21.7 Å². The van der Waals surface area contributed by atoms with Crippen LogP contribution in [0, 0.1) is 52.3 Å². The molecule has 0 aromatic carbocycles. The zero-order chi connectivity index (χ0) is 21.0. The molecule has 2 N–H and O–H groups in total. The zero-order valence-electron chi connectivity index (χ0n) is 18.2. The predicted molar refractivity (Wildman–Crippen MR) is 118 cm³/mol. The number of carbonyl (C=O) groups is 1. The lowest BCUT2D eigenvalue weighted by Crippen LogP contribution is -2.59. The summed E-state index contributed by atoms with van der Waals surface area (Å²) in [6, 6.07) is 0. The largest absolute Gasteiger partial charge is 0.388 e. The van der Waals surface area contributed by atoms with Crippen LogP contribution in [-0.4, -0.2) is 33.0 Å². The summed E-state index contributed by atoms with van der Waals surface area (Å²) >= 11 is 3.85. The first kappa shape index (κ1) is 21.8. The molecule has 4 heteroatoms. The second-order valence-corrected chi connectivity index (χ2v) is 12.2. The molecule has 3 nitrogen and oxygen atoms in total. The first-order valence-corrected chi connectivity index (χ1v) is 12.5. The average Bonchev–Trinajstić information content (AvgIpc) is 3.01. The Hall–Kier alpha value is -0.370. The highest BCUT2D eigenvalue weighted by atomic mass is 79.9. The number of rotatable bonds is 2. The van der Waals surface area contributed by atoms with Crippen LogP contribution in [0.4, 0.5) is 0 Å². The molecule has 29 heavy (non-hydrogen) atoms. The normalized spacial score (nSPS) is 51.2. The first-order chi connectivity index (χ1) is 13.7. The van der Waals surface area contributed by atoms with Crippen molar-refractivity contribution in [1.82, 2.24) is 0 Å². The smallest absolute Gasteiger partial charge is 0.133 e. The number of Topliss-reactive ketones (excluding diaryl/α,β-unsaturated/α-hetero) is 1. The predicted octanol–water partition coefficient (Wildman–Crippen LogP) is 4.72. The second-order valence-electron chi connectivity index (χ2n) is 11.1. The van der Waals surface area contributed by atoms with Gasteiger partial charge in [-0.05, 0) is 92.8 Å². The van der Waals surface area contributed by atoms with Crippen molar-refractivity contribution in [2.45, 2.75) is 89.0 Å². The van der Waals surface area contributed by atoms with Crippen LogP contribution in [0.3, 0.4) is 0 Å². The Morgan fingerprint density at radius 1 is 1.03 bits per heavy atom. The molecule has 0 spiro atoms. The summed E-state index contributed by atoms with van der Waals surface area (Å²) in [5.74, 6) is 9.03. The Kier molecular flexibility index (Phi) is 5.76. The van der Waals surface area contributed by atoms with E-state index in [9.17, 15) is 9.90 Å². The van der Waals surface area contributed by atoms with E-state index in [1.165, 1.54) is 32.1 Å². The van der Waals surface area contributed by atoms with E-state index in [-0.39, 0.29) is 28.2 Å². The van der Waals surface area contributed by atoms with E-state index in [0.29, 0.717) is 30.0 Å². The van der Waals surface area contributed by atoms with Crippen LogP contribution in [0.1, 0.15) is 78.6 Å². The fraction of sp³-hybridized carbons (Fsp3) is 0.880. The fourth-order valence-electron chi connectivity index (χ4n) is 8.44. The molecule has 4 aliphatic carbocycles. The van der Waals surface area contributed by atoms with Crippen LogP contribution in [-0.2, 0) is 4.79 Å². The number of hydrogen-bond donors (Lipinski definition) is 2. The Labute approximate surface area is 184 Å². The molecule has 0 heterocycles. The molecule has 0 bridgehead atoms. The van der Waals surface area contributed by atoms with Gasteiger partial charge in [-0.15, -0.1) is 0 Å².